The van der Waals surface area contributed by atoms with Gasteiger partial charge in [-0.05, 0) is 47.7 Å². The average Bonchev–Trinajstić information content (AvgIpc) is 2.98. The van der Waals surface area contributed by atoms with Crippen LogP contribution in [0.3, 0.4) is 0 Å². The van der Waals surface area contributed by atoms with E-state index in [4.69, 9.17) is 4.74 Å². The number of benzene rings is 2. The van der Waals surface area contributed by atoms with Crippen LogP contribution in [0.25, 0.3) is 10.9 Å². The summed E-state index contributed by atoms with van der Waals surface area (Å²) >= 11 is 0. The van der Waals surface area contributed by atoms with Crippen molar-refractivity contribution in [2.75, 3.05) is 12.4 Å². The van der Waals surface area contributed by atoms with Crippen LogP contribution >= 0.6 is 0 Å². The Morgan fingerprint density at radius 2 is 2.04 bits per heavy atom. The lowest BCUT2D eigenvalue weighted by molar-refractivity contribution is -0.115. The van der Waals surface area contributed by atoms with Crippen molar-refractivity contribution in [3.8, 4) is 5.75 Å². The van der Waals surface area contributed by atoms with E-state index in [1.165, 1.54) is 0 Å². The normalized spacial score (nSPS) is 11.1. The first-order chi connectivity index (χ1) is 12.0. The van der Waals surface area contributed by atoms with E-state index < -0.39 is 0 Å². The zero-order valence-electron chi connectivity index (χ0n) is 15.1. The molecule has 0 aliphatic rings. The summed E-state index contributed by atoms with van der Waals surface area (Å²) < 4.78 is 5.29. The fourth-order valence-electron chi connectivity index (χ4n) is 3.13. The number of rotatable bonds is 5. The van der Waals surface area contributed by atoms with Crippen molar-refractivity contribution in [1.82, 2.24) is 4.98 Å². The third kappa shape index (κ3) is 3.53. The Balaban J connectivity index is 1.85. The molecule has 3 aromatic rings. The summed E-state index contributed by atoms with van der Waals surface area (Å²) in [5, 5.41) is 4.12. The van der Waals surface area contributed by atoms with Gasteiger partial charge in [0.2, 0.25) is 5.91 Å². The number of methoxy groups -OCH3 is 1. The molecule has 25 heavy (non-hydrogen) atoms. The predicted molar refractivity (Wildman–Crippen MR) is 102 cm³/mol. The molecule has 1 amide bonds. The summed E-state index contributed by atoms with van der Waals surface area (Å²) in [6, 6.07) is 12.0. The molecular weight excluding hydrogens is 312 g/mol. The summed E-state index contributed by atoms with van der Waals surface area (Å²) in [6.45, 7) is 6.30. The highest BCUT2D eigenvalue weighted by molar-refractivity contribution is 5.97. The molecule has 4 heteroatoms. The lowest BCUT2D eigenvalue weighted by Crippen LogP contribution is -2.16. The number of ether oxygens (including phenoxy) is 1. The van der Waals surface area contributed by atoms with Crippen molar-refractivity contribution in [1.29, 1.82) is 0 Å². The number of aromatic nitrogens is 1. The minimum absolute atomic E-state index is 0.0140. The fraction of sp³-hybridized carbons (Fsp3) is 0.286. The van der Waals surface area contributed by atoms with Crippen molar-refractivity contribution in [3.63, 3.8) is 0 Å². The molecular formula is C21H24N2O2. The minimum Gasteiger partial charge on any atom is -0.497 e. The molecule has 0 spiro atoms. The third-order valence-electron chi connectivity index (χ3n) is 4.52. The van der Waals surface area contributed by atoms with Gasteiger partial charge in [0.05, 0.1) is 13.5 Å². The average molecular weight is 336 g/mol. The van der Waals surface area contributed by atoms with Gasteiger partial charge in [-0.25, -0.2) is 0 Å². The number of hydrogen-bond acceptors (Lipinski definition) is 2. The smallest absolute Gasteiger partial charge is 0.228 e. The van der Waals surface area contributed by atoms with Gasteiger partial charge in [-0.1, -0.05) is 32.0 Å². The number of fused-ring (bicyclic) bond motifs is 1. The first-order valence-electron chi connectivity index (χ1n) is 8.53. The van der Waals surface area contributed by atoms with Crippen LogP contribution < -0.4 is 10.1 Å². The molecule has 1 aromatic heterocycles. The van der Waals surface area contributed by atoms with Crippen LogP contribution in [0.15, 0.2) is 42.6 Å². The Morgan fingerprint density at radius 3 is 2.76 bits per heavy atom. The molecule has 0 aliphatic heterocycles. The molecule has 1 heterocycles. The van der Waals surface area contributed by atoms with Gasteiger partial charge in [0.1, 0.15) is 5.75 Å². The number of carbonyl (C=O) groups excluding carboxylic acids is 1. The maximum atomic E-state index is 12.6. The zero-order chi connectivity index (χ0) is 18.0. The number of H-pyrrole nitrogens is 1. The van der Waals surface area contributed by atoms with E-state index in [1.54, 1.807) is 7.11 Å². The maximum Gasteiger partial charge on any atom is 0.228 e. The quantitative estimate of drug-likeness (QED) is 0.704. The van der Waals surface area contributed by atoms with Crippen molar-refractivity contribution in [2.24, 2.45) is 0 Å². The molecule has 2 N–H and O–H groups in total. The van der Waals surface area contributed by atoms with E-state index in [-0.39, 0.29) is 5.91 Å². The highest BCUT2D eigenvalue weighted by atomic mass is 16.5. The van der Waals surface area contributed by atoms with Crippen LogP contribution in [0.4, 0.5) is 5.69 Å². The number of nitrogens with one attached hydrogen (secondary N) is 2. The molecule has 0 fully saturated rings. The summed E-state index contributed by atoms with van der Waals surface area (Å²) in [7, 11) is 1.64. The van der Waals surface area contributed by atoms with Crippen molar-refractivity contribution < 1.29 is 9.53 Å². The molecule has 3 rings (SSSR count). The van der Waals surface area contributed by atoms with Crippen LogP contribution in [0, 0.1) is 6.92 Å². The summed E-state index contributed by atoms with van der Waals surface area (Å²) in [6.07, 6.45) is 2.21. The van der Waals surface area contributed by atoms with Crippen LogP contribution in [-0.4, -0.2) is 18.0 Å². The van der Waals surface area contributed by atoms with Gasteiger partial charge in [-0.15, -0.1) is 0 Å². The first-order valence-corrected chi connectivity index (χ1v) is 8.53. The highest BCUT2D eigenvalue weighted by Crippen LogP contribution is 2.28. The van der Waals surface area contributed by atoms with Gasteiger partial charge >= 0.3 is 0 Å². The van der Waals surface area contributed by atoms with Crippen LogP contribution in [-0.2, 0) is 11.2 Å². The first kappa shape index (κ1) is 17.1. The molecule has 0 saturated heterocycles. The monoisotopic (exact) mass is 336 g/mol. The SMILES string of the molecule is COc1ccc2[nH]cc(CC(=O)Nc3c(C)cccc3C(C)C)c2c1. The number of carbonyl (C=O) groups is 1. The van der Waals surface area contributed by atoms with Gasteiger partial charge in [0.25, 0.3) is 0 Å². The third-order valence-corrected chi connectivity index (χ3v) is 4.52. The van der Waals surface area contributed by atoms with E-state index >= 15 is 0 Å². The number of para-hydroxylation sites is 1. The van der Waals surface area contributed by atoms with E-state index in [2.05, 4.69) is 30.2 Å². The van der Waals surface area contributed by atoms with E-state index in [0.717, 1.165) is 39.0 Å². The van der Waals surface area contributed by atoms with Gasteiger partial charge in [-0.2, -0.15) is 0 Å². The Morgan fingerprint density at radius 1 is 1.24 bits per heavy atom. The Kier molecular flexibility index (Phi) is 4.79. The maximum absolute atomic E-state index is 12.6. The van der Waals surface area contributed by atoms with E-state index in [0.29, 0.717) is 12.3 Å². The molecule has 130 valence electrons. The molecule has 0 aliphatic carbocycles. The van der Waals surface area contributed by atoms with Crippen molar-refractivity contribution in [2.45, 2.75) is 33.1 Å². The standard InChI is InChI=1S/C21H24N2O2/c1-13(2)17-7-5-6-14(3)21(17)23-20(24)10-15-12-22-19-9-8-16(25-4)11-18(15)19/h5-9,11-13,22H,10H2,1-4H3,(H,23,24). The second-order valence-corrected chi connectivity index (χ2v) is 6.64. The Hall–Kier alpha value is -2.75. The number of aryl methyl sites for hydroxylation is 1. The Bertz CT molecular complexity index is 909. The van der Waals surface area contributed by atoms with Crippen LogP contribution in [0.5, 0.6) is 5.75 Å². The molecule has 0 unspecified atom stereocenters. The molecule has 0 saturated carbocycles. The van der Waals surface area contributed by atoms with Gasteiger partial charge in [0, 0.05) is 22.8 Å². The second kappa shape index (κ2) is 7.01. The Labute approximate surface area is 148 Å². The topological polar surface area (TPSA) is 54.1 Å². The molecule has 0 atom stereocenters. The molecule has 0 radical (unpaired) electrons. The number of anilines is 1. The largest absolute Gasteiger partial charge is 0.497 e. The highest BCUT2D eigenvalue weighted by Gasteiger charge is 2.14. The van der Waals surface area contributed by atoms with Crippen molar-refractivity contribution >= 4 is 22.5 Å². The summed E-state index contributed by atoms with van der Waals surface area (Å²) in [5.74, 6) is 1.13. The minimum atomic E-state index is -0.0140. The van der Waals surface area contributed by atoms with Crippen molar-refractivity contribution in [3.05, 3.63) is 59.3 Å². The predicted octanol–water partition coefficient (Wildman–Crippen LogP) is 4.79. The number of aromatic amines is 1. The fourth-order valence-corrected chi connectivity index (χ4v) is 3.13. The zero-order valence-corrected chi connectivity index (χ0v) is 15.1. The van der Waals surface area contributed by atoms with E-state index in [1.807, 2.05) is 43.5 Å². The van der Waals surface area contributed by atoms with Gasteiger partial charge < -0.3 is 15.0 Å². The summed E-state index contributed by atoms with van der Waals surface area (Å²) in [5.41, 5.74) is 5.14. The van der Waals surface area contributed by atoms with Gasteiger partial charge in [-0.3, -0.25) is 4.79 Å². The lowest BCUT2D eigenvalue weighted by Gasteiger charge is -2.16. The lowest BCUT2D eigenvalue weighted by atomic mass is 9.98. The van der Waals surface area contributed by atoms with Crippen LogP contribution in [0.2, 0.25) is 0 Å². The van der Waals surface area contributed by atoms with E-state index in [9.17, 15) is 4.79 Å². The molecule has 4 nitrogen and oxygen atoms in total. The van der Waals surface area contributed by atoms with Gasteiger partial charge in [0.15, 0.2) is 0 Å². The van der Waals surface area contributed by atoms with Crippen LogP contribution in [0.1, 0.15) is 36.5 Å². The molecule has 0 bridgehead atoms. The second-order valence-electron chi connectivity index (χ2n) is 6.64. The number of hydrogen-bond donors (Lipinski definition) is 2. The number of amides is 1. The summed E-state index contributed by atoms with van der Waals surface area (Å²) in [4.78, 5) is 15.9. The molecule has 2 aromatic carbocycles.